The molecule has 0 saturated heterocycles. The van der Waals surface area contributed by atoms with Crippen molar-refractivity contribution in [3.05, 3.63) is 60.8 Å². The first kappa shape index (κ1) is 56.2. The molecule has 0 bridgehead atoms. The van der Waals surface area contributed by atoms with Crippen molar-refractivity contribution < 1.29 is 32.9 Å². The summed E-state index contributed by atoms with van der Waals surface area (Å²) in [4.78, 5) is 23.1. The Balaban J connectivity index is 4.40. The van der Waals surface area contributed by atoms with Gasteiger partial charge in [0.25, 0.3) is 0 Å². The number of quaternary nitrogens is 1. The number of hydrogen-bond acceptors (Lipinski definition) is 5. The van der Waals surface area contributed by atoms with Crippen LogP contribution in [0.1, 0.15) is 194 Å². The third kappa shape index (κ3) is 42.3. The van der Waals surface area contributed by atoms with Crippen LogP contribution >= 0.6 is 7.82 Å². The van der Waals surface area contributed by atoms with Crippen molar-refractivity contribution in [1.82, 2.24) is 5.32 Å². The molecule has 0 aromatic rings. The number of unbranched alkanes of at least 4 members (excludes halogenated alkanes) is 20. The number of phosphoric ester groups is 1. The first-order valence-corrected chi connectivity index (χ1v) is 25.1. The Morgan fingerprint density at radius 2 is 0.966 bits per heavy atom. The lowest BCUT2D eigenvalue weighted by Crippen LogP contribution is -2.46. The van der Waals surface area contributed by atoms with E-state index in [-0.39, 0.29) is 25.5 Å². The number of nitrogens with one attached hydrogen (secondary N) is 1. The van der Waals surface area contributed by atoms with E-state index in [9.17, 15) is 19.4 Å². The highest BCUT2D eigenvalue weighted by molar-refractivity contribution is 7.47. The zero-order valence-electron chi connectivity index (χ0n) is 38.3. The van der Waals surface area contributed by atoms with Crippen LogP contribution < -0.4 is 5.32 Å². The molecular formula is C49H92N2O6P+. The summed E-state index contributed by atoms with van der Waals surface area (Å²) in [6.45, 7) is 4.70. The average Bonchev–Trinajstić information content (AvgIpc) is 3.17. The van der Waals surface area contributed by atoms with Gasteiger partial charge in [0.15, 0.2) is 0 Å². The molecule has 9 heteroatoms. The number of likely N-dealkylation sites (N-methyl/N-ethyl adjacent to an activating group) is 1. The molecule has 0 aromatic carbocycles. The van der Waals surface area contributed by atoms with E-state index in [2.05, 4.69) is 67.8 Å². The predicted molar refractivity (Wildman–Crippen MR) is 249 cm³/mol. The van der Waals surface area contributed by atoms with E-state index in [4.69, 9.17) is 9.05 Å². The molecule has 3 atom stereocenters. The van der Waals surface area contributed by atoms with Crippen LogP contribution in [-0.4, -0.2) is 73.4 Å². The Morgan fingerprint density at radius 3 is 1.36 bits per heavy atom. The summed E-state index contributed by atoms with van der Waals surface area (Å²) in [5.74, 6) is -0.272. The van der Waals surface area contributed by atoms with E-state index in [1.165, 1.54) is 116 Å². The monoisotopic (exact) mass is 836 g/mol. The van der Waals surface area contributed by atoms with Crippen molar-refractivity contribution in [2.75, 3.05) is 40.9 Å². The average molecular weight is 836 g/mol. The Labute approximate surface area is 358 Å². The number of aliphatic hydroxyl groups excluding tert-OH is 1. The molecule has 338 valence electrons. The smallest absolute Gasteiger partial charge is 0.391 e. The molecule has 0 rings (SSSR count). The molecule has 0 aliphatic carbocycles. The molecule has 58 heavy (non-hydrogen) atoms. The molecule has 1 amide bonds. The zero-order valence-corrected chi connectivity index (χ0v) is 39.2. The topological polar surface area (TPSA) is 105 Å². The number of hydrogen-bond donors (Lipinski definition) is 3. The number of carbonyl (C=O) groups excluding carboxylic acids is 1. The fourth-order valence-electron chi connectivity index (χ4n) is 6.58. The van der Waals surface area contributed by atoms with Gasteiger partial charge in [-0.25, -0.2) is 4.57 Å². The first-order chi connectivity index (χ1) is 28.0. The second-order valence-electron chi connectivity index (χ2n) is 17.1. The Kier molecular flexibility index (Phi) is 39.3. The standard InChI is InChI=1S/C49H91N2O6P/c1-6-8-10-12-14-16-18-20-22-23-24-25-26-27-29-30-32-34-36-38-40-42-48(52)47(46-57-58(54,55)56-45-44-51(3,4)5)50-49(53)43-41-39-37-35-33-31-28-21-19-17-15-13-11-9-7-2/h9,11,15,17,21,28,33,35,39,41,47-48,52H,6-8,10,12-14,16,18-20,22-27,29-32,34,36-38,40,42-46H2,1-5H3,(H-,50,53,54,55)/p+1/b11-9-,17-15-,28-21-,35-33-,41-39-. The van der Waals surface area contributed by atoms with Crippen LogP contribution in [-0.2, 0) is 18.4 Å². The summed E-state index contributed by atoms with van der Waals surface area (Å²) in [7, 11) is 1.55. The number of amides is 1. The van der Waals surface area contributed by atoms with Gasteiger partial charge in [-0.05, 0) is 38.5 Å². The minimum atomic E-state index is -4.34. The van der Waals surface area contributed by atoms with E-state index >= 15 is 0 Å². The lowest BCUT2D eigenvalue weighted by atomic mass is 10.0. The molecule has 0 aliphatic rings. The fourth-order valence-corrected chi connectivity index (χ4v) is 7.32. The number of allylic oxidation sites excluding steroid dienone is 9. The van der Waals surface area contributed by atoms with Crippen LogP contribution in [0.25, 0.3) is 0 Å². The maximum atomic E-state index is 12.8. The summed E-state index contributed by atoms with van der Waals surface area (Å²) in [5.41, 5.74) is 0. The van der Waals surface area contributed by atoms with E-state index in [1.54, 1.807) is 0 Å². The molecule has 0 aromatic heterocycles. The Morgan fingerprint density at radius 1 is 0.586 bits per heavy atom. The van der Waals surface area contributed by atoms with Gasteiger partial charge in [-0.2, -0.15) is 0 Å². The van der Waals surface area contributed by atoms with E-state index in [1.807, 2.05) is 33.3 Å². The quantitative estimate of drug-likeness (QED) is 0.0245. The van der Waals surface area contributed by atoms with Gasteiger partial charge in [-0.15, -0.1) is 0 Å². The highest BCUT2D eigenvalue weighted by Gasteiger charge is 2.28. The van der Waals surface area contributed by atoms with Crippen LogP contribution in [0.3, 0.4) is 0 Å². The molecule has 3 N–H and O–H groups in total. The minimum Gasteiger partial charge on any atom is -0.391 e. The molecular weight excluding hydrogens is 744 g/mol. The normalized spacial score (nSPS) is 14.8. The van der Waals surface area contributed by atoms with Gasteiger partial charge in [0.05, 0.1) is 39.9 Å². The van der Waals surface area contributed by atoms with Crippen molar-refractivity contribution >= 4 is 13.7 Å². The molecule has 0 saturated carbocycles. The van der Waals surface area contributed by atoms with Gasteiger partial charge >= 0.3 is 7.82 Å². The second-order valence-corrected chi connectivity index (χ2v) is 18.6. The zero-order chi connectivity index (χ0) is 42.8. The SMILES string of the molecule is CC/C=C\C/C=C\C/C=C\C/C=C\C/C=C\CC(=O)NC(COP(=O)(O)OCC[N+](C)(C)C)C(O)CCCCCCCCCCCCCCCCCCCCCCC. The number of phosphoric acid groups is 1. The molecule has 0 heterocycles. The van der Waals surface area contributed by atoms with Crippen LogP contribution in [0, 0.1) is 0 Å². The van der Waals surface area contributed by atoms with Crippen molar-refractivity contribution in [3.8, 4) is 0 Å². The van der Waals surface area contributed by atoms with E-state index in [0.717, 1.165) is 51.4 Å². The van der Waals surface area contributed by atoms with Gasteiger partial charge in [0.1, 0.15) is 13.2 Å². The summed E-state index contributed by atoms with van der Waals surface area (Å²) in [6, 6.07) is -0.817. The van der Waals surface area contributed by atoms with Crippen molar-refractivity contribution in [2.45, 2.75) is 206 Å². The third-order valence-electron chi connectivity index (χ3n) is 10.3. The number of carbonyl (C=O) groups is 1. The van der Waals surface area contributed by atoms with Crippen molar-refractivity contribution in [3.63, 3.8) is 0 Å². The van der Waals surface area contributed by atoms with E-state index in [0.29, 0.717) is 17.4 Å². The van der Waals surface area contributed by atoms with Crippen LogP contribution in [0.4, 0.5) is 0 Å². The van der Waals surface area contributed by atoms with Crippen molar-refractivity contribution in [1.29, 1.82) is 0 Å². The molecule has 0 radical (unpaired) electrons. The predicted octanol–water partition coefficient (Wildman–Crippen LogP) is 13.4. The molecule has 3 unspecified atom stereocenters. The largest absolute Gasteiger partial charge is 0.472 e. The Bertz CT molecular complexity index is 1130. The maximum Gasteiger partial charge on any atom is 0.472 e. The van der Waals surface area contributed by atoms with Gasteiger partial charge < -0.3 is 19.8 Å². The number of nitrogens with zero attached hydrogens (tertiary/aromatic N) is 1. The molecule has 0 aliphatic heterocycles. The summed E-state index contributed by atoms with van der Waals surface area (Å²) in [6.07, 6.45) is 52.9. The lowest BCUT2D eigenvalue weighted by molar-refractivity contribution is -0.870. The second kappa shape index (κ2) is 40.6. The summed E-state index contributed by atoms with van der Waals surface area (Å²) < 4.78 is 23.6. The number of rotatable bonds is 42. The van der Waals surface area contributed by atoms with E-state index < -0.39 is 20.0 Å². The third-order valence-corrected chi connectivity index (χ3v) is 11.3. The van der Waals surface area contributed by atoms with Gasteiger partial charge in [-0.1, -0.05) is 209 Å². The number of aliphatic hydroxyl groups is 1. The highest BCUT2D eigenvalue weighted by atomic mass is 31.2. The van der Waals surface area contributed by atoms with Crippen LogP contribution in [0.2, 0.25) is 0 Å². The molecule has 0 fully saturated rings. The summed E-state index contributed by atoms with van der Waals surface area (Å²) >= 11 is 0. The minimum absolute atomic E-state index is 0.0559. The molecule has 0 spiro atoms. The Hall–Kier alpha value is -1.80. The van der Waals surface area contributed by atoms with Gasteiger partial charge in [0, 0.05) is 6.42 Å². The lowest BCUT2D eigenvalue weighted by Gasteiger charge is -2.26. The van der Waals surface area contributed by atoms with Crippen LogP contribution in [0.5, 0.6) is 0 Å². The molecule has 8 nitrogen and oxygen atoms in total. The van der Waals surface area contributed by atoms with Gasteiger partial charge in [-0.3, -0.25) is 13.8 Å². The van der Waals surface area contributed by atoms with Crippen LogP contribution in [0.15, 0.2) is 60.8 Å². The highest BCUT2D eigenvalue weighted by Crippen LogP contribution is 2.43. The fraction of sp³-hybridized carbons (Fsp3) is 0.776. The van der Waals surface area contributed by atoms with Gasteiger partial charge in [0.2, 0.25) is 5.91 Å². The maximum absolute atomic E-state index is 12.8. The summed E-state index contributed by atoms with van der Waals surface area (Å²) in [5, 5.41) is 13.9. The van der Waals surface area contributed by atoms with Crippen molar-refractivity contribution in [2.24, 2.45) is 0 Å². The first-order valence-electron chi connectivity index (χ1n) is 23.7.